The van der Waals surface area contributed by atoms with E-state index in [1.54, 1.807) is 0 Å². The van der Waals surface area contributed by atoms with E-state index in [1.807, 2.05) is 66.7 Å². The van der Waals surface area contributed by atoms with Gasteiger partial charge in [0.15, 0.2) is 6.29 Å². The predicted octanol–water partition coefficient (Wildman–Crippen LogP) is 5.61. The molecule has 8 nitrogen and oxygen atoms in total. The van der Waals surface area contributed by atoms with Crippen molar-refractivity contribution in [3.8, 4) is 0 Å². The lowest BCUT2D eigenvalue weighted by Crippen LogP contribution is -2.45. The number of rotatable bonds is 10. The van der Waals surface area contributed by atoms with Gasteiger partial charge in [0.25, 0.3) is 0 Å². The van der Waals surface area contributed by atoms with Crippen LogP contribution in [-0.4, -0.2) is 65.8 Å². The third-order valence-corrected chi connectivity index (χ3v) is 8.96. The molecular weight excluding hydrogens is 540 g/mol. The minimum absolute atomic E-state index is 0.0260. The van der Waals surface area contributed by atoms with Crippen LogP contribution in [-0.2, 0) is 22.6 Å². The number of hydrogen-bond donors (Lipinski definition) is 3. The number of aliphatic hydroxyl groups is 1. The molecule has 0 bridgehead atoms. The van der Waals surface area contributed by atoms with E-state index in [2.05, 4.69) is 32.6 Å². The zero-order valence-corrected chi connectivity index (χ0v) is 24.9. The van der Waals surface area contributed by atoms with Gasteiger partial charge in [-0.05, 0) is 74.1 Å². The molecule has 4 unspecified atom stereocenters. The van der Waals surface area contributed by atoms with E-state index in [-0.39, 0.29) is 24.8 Å². The summed E-state index contributed by atoms with van der Waals surface area (Å²) >= 11 is 0. The van der Waals surface area contributed by atoms with Crippen molar-refractivity contribution in [2.24, 2.45) is 0 Å². The number of likely N-dealkylation sites (tertiary alicyclic amines) is 2. The minimum atomic E-state index is -0.512. The van der Waals surface area contributed by atoms with Crippen LogP contribution in [0.2, 0.25) is 0 Å². The largest absolute Gasteiger partial charge is 0.392 e. The molecule has 3 saturated heterocycles. The second kappa shape index (κ2) is 14.5. The summed E-state index contributed by atoms with van der Waals surface area (Å²) in [6.07, 6.45) is 5.32. The van der Waals surface area contributed by atoms with Gasteiger partial charge < -0.3 is 30.1 Å². The molecule has 0 aromatic heterocycles. The molecule has 43 heavy (non-hydrogen) atoms. The number of benzene rings is 3. The van der Waals surface area contributed by atoms with E-state index in [1.165, 1.54) is 38.8 Å². The molecule has 3 aromatic rings. The summed E-state index contributed by atoms with van der Waals surface area (Å²) in [4.78, 5) is 17.7. The summed E-state index contributed by atoms with van der Waals surface area (Å²) in [6.45, 7) is 6.12. The van der Waals surface area contributed by atoms with Crippen molar-refractivity contribution in [1.82, 2.24) is 15.1 Å². The highest BCUT2D eigenvalue weighted by Gasteiger charge is 2.36. The number of amides is 2. The molecule has 0 radical (unpaired) electrons. The highest BCUT2D eigenvalue weighted by Crippen LogP contribution is 2.39. The first-order chi connectivity index (χ1) is 21.1. The van der Waals surface area contributed by atoms with Crippen LogP contribution in [0.4, 0.5) is 10.5 Å². The second-order valence-electron chi connectivity index (χ2n) is 12.1. The van der Waals surface area contributed by atoms with Gasteiger partial charge in [-0.15, -0.1) is 0 Å². The Morgan fingerprint density at radius 1 is 0.814 bits per heavy atom. The van der Waals surface area contributed by atoms with Gasteiger partial charge in [0.1, 0.15) is 0 Å². The number of carbonyl (C=O) groups is 1. The zero-order chi connectivity index (χ0) is 29.4. The van der Waals surface area contributed by atoms with Crippen LogP contribution in [0.3, 0.4) is 0 Å². The molecule has 4 atom stereocenters. The Kier molecular flexibility index (Phi) is 10.0. The van der Waals surface area contributed by atoms with Crippen LogP contribution < -0.4 is 10.6 Å². The fourth-order valence-electron chi connectivity index (χ4n) is 6.58. The standard InChI is InChI=1S/C35H44N4O4/c40-25-27-10-12-28(13-11-27)33-21-32(24-39-20-6-9-31(39)23-38-18-4-5-19-38)42-34(43-33)29-14-16-30(17-15-29)37-35(41)36-22-26-7-2-1-3-8-26/h1-3,7-8,10-17,31-34,40H,4-6,9,18-25H2,(H2,36,37,41). The van der Waals surface area contributed by atoms with Crippen molar-refractivity contribution in [2.45, 2.75) is 69.8 Å². The second-order valence-corrected chi connectivity index (χ2v) is 12.1. The molecule has 228 valence electrons. The molecule has 0 saturated carbocycles. The summed E-state index contributed by atoms with van der Waals surface area (Å²) in [6, 6.07) is 26.0. The monoisotopic (exact) mass is 584 g/mol. The summed E-state index contributed by atoms with van der Waals surface area (Å²) in [5, 5.41) is 15.3. The number of carbonyl (C=O) groups excluding carboxylic acids is 1. The van der Waals surface area contributed by atoms with Crippen LogP contribution >= 0.6 is 0 Å². The van der Waals surface area contributed by atoms with E-state index >= 15 is 0 Å². The molecule has 0 spiro atoms. The third-order valence-electron chi connectivity index (χ3n) is 8.96. The molecule has 6 rings (SSSR count). The van der Waals surface area contributed by atoms with Crippen LogP contribution in [0.25, 0.3) is 0 Å². The SMILES string of the molecule is O=C(NCc1ccccc1)Nc1ccc(C2OC(CN3CCCC3CN3CCCC3)CC(c3ccc(CO)cc3)O2)cc1. The topological polar surface area (TPSA) is 86.3 Å². The Balaban J connectivity index is 1.12. The van der Waals surface area contributed by atoms with Crippen molar-refractivity contribution < 1.29 is 19.4 Å². The Morgan fingerprint density at radius 2 is 1.56 bits per heavy atom. The molecule has 3 heterocycles. The molecule has 2 amide bonds. The number of ether oxygens (including phenoxy) is 2. The quantitative estimate of drug-likeness (QED) is 0.287. The summed E-state index contributed by atoms with van der Waals surface area (Å²) < 4.78 is 13.2. The Bertz CT molecular complexity index is 1300. The molecule has 3 aliphatic heterocycles. The highest BCUT2D eigenvalue weighted by atomic mass is 16.7. The zero-order valence-electron chi connectivity index (χ0n) is 24.9. The predicted molar refractivity (Wildman–Crippen MR) is 167 cm³/mol. The van der Waals surface area contributed by atoms with Crippen molar-refractivity contribution in [3.05, 3.63) is 101 Å². The minimum Gasteiger partial charge on any atom is -0.392 e. The van der Waals surface area contributed by atoms with Crippen LogP contribution in [0.15, 0.2) is 78.9 Å². The van der Waals surface area contributed by atoms with Crippen LogP contribution in [0.1, 0.15) is 66.8 Å². The van der Waals surface area contributed by atoms with Crippen LogP contribution in [0.5, 0.6) is 0 Å². The van der Waals surface area contributed by atoms with Gasteiger partial charge in [0.2, 0.25) is 0 Å². The average Bonchev–Trinajstić information content (AvgIpc) is 3.73. The summed E-state index contributed by atoms with van der Waals surface area (Å²) in [5.74, 6) is 0. The number of nitrogens with zero attached hydrogens (tertiary/aromatic N) is 2. The maximum absolute atomic E-state index is 12.5. The highest BCUT2D eigenvalue weighted by molar-refractivity contribution is 5.89. The average molecular weight is 585 g/mol. The summed E-state index contributed by atoms with van der Waals surface area (Å²) in [5.41, 5.74) is 4.66. The maximum Gasteiger partial charge on any atom is 0.319 e. The lowest BCUT2D eigenvalue weighted by molar-refractivity contribution is -0.253. The first-order valence-electron chi connectivity index (χ1n) is 15.8. The van der Waals surface area contributed by atoms with Gasteiger partial charge in [-0.1, -0.05) is 66.7 Å². The molecule has 3 aromatic carbocycles. The lowest BCUT2D eigenvalue weighted by Gasteiger charge is -2.39. The number of nitrogens with one attached hydrogen (secondary N) is 2. The van der Waals surface area contributed by atoms with Crippen LogP contribution in [0, 0.1) is 0 Å². The number of aliphatic hydroxyl groups excluding tert-OH is 1. The Hall–Kier alpha value is -3.27. The van der Waals surface area contributed by atoms with E-state index in [4.69, 9.17) is 9.47 Å². The molecular formula is C35H44N4O4. The van der Waals surface area contributed by atoms with Gasteiger partial charge >= 0.3 is 6.03 Å². The van der Waals surface area contributed by atoms with Gasteiger partial charge in [-0.2, -0.15) is 0 Å². The summed E-state index contributed by atoms with van der Waals surface area (Å²) in [7, 11) is 0. The third kappa shape index (κ3) is 8.02. The van der Waals surface area contributed by atoms with Gasteiger partial charge in [0, 0.05) is 43.3 Å². The van der Waals surface area contributed by atoms with E-state index in [9.17, 15) is 9.90 Å². The van der Waals surface area contributed by atoms with E-state index in [0.717, 1.165) is 48.3 Å². The maximum atomic E-state index is 12.5. The number of urea groups is 1. The molecule has 3 fully saturated rings. The van der Waals surface area contributed by atoms with Gasteiger partial charge in [0.05, 0.1) is 18.8 Å². The van der Waals surface area contributed by atoms with Gasteiger partial charge in [-0.3, -0.25) is 4.90 Å². The van der Waals surface area contributed by atoms with Crippen molar-refractivity contribution in [1.29, 1.82) is 0 Å². The smallest absolute Gasteiger partial charge is 0.319 e. The Labute approximate surface area is 255 Å². The molecule has 0 aliphatic carbocycles. The van der Waals surface area contributed by atoms with E-state index in [0.29, 0.717) is 18.3 Å². The normalized spacial score (nSPS) is 24.7. The van der Waals surface area contributed by atoms with Gasteiger partial charge in [-0.25, -0.2) is 4.79 Å². The fourth-order valence-corrected chi connectivity index (χ4v) is 6.58. The fraction of sp³-hybridized carbons (Fsp3) is 0.457. The molecule has 8 heteroatoms. The number of anilines is 1. The molecule has 3 N–H and O–H groups in total. The lowest BCUT2D eigenvalue weighted by atomic mass is 9.99. The van der Waals surface area contributed by atoms with Crippen molar-refractivity contribution in [3.63, 3.8) is 0 Å². The van der Waals surface area contributed by atoms with Crippen molar-refractivity contribution >= 4 is 11.7 Å². The van der Waals surface area contributed by atoms with Crippen molar-refractivity contribution in [2.75, 3.05) is 38.0 Å². The van der Waals surface area contributed by atoms with E-state index < -0.39 is 6.29 Å². The number of hydrogen-bond acceptors (Lipinski definition) is 6. The first-order valence-corrected chi connectivity index (χ1v) is 15.8. The first kappa shape index (κ1) is 29.8. The Morgan fingerprint density at radius 3 is 2.30 bits per heavy atom. The molecule has 3 aliphatic rings.